The van der Waals surface area contributed by atoms with Gasteiger partial charge in [0, 0.05) is 31.5 Å². The minimum Gasteiger partial charge on any atom is -0.507 e. The first-order valence-electron chi connectivity index (χ1n) is 10.4. The molecule has 0 amide bonds. The van der Waals surface area contributed by atoms with Crippen LogP contribution in [0.2, 0.25) is 0 Å². The maximum absolute atomic E-state index is 12.7. The van der Waals surface area contributed by atoms with Crippen LogP contribution in [0, 0.1) is 12.8 Å². The lowest BCUT2D eigenvalue weighted by atomic mass is 9.93. The Morgan fingerprint density at radius 2 is 2.07 bits per heavy atom. The molecule has 7 nitrogen and oxygen atoms in total. The number of aromatic hydroxyl groups is 1. The summed E-state index contributed by atoms with van der Waals surface area (Å²) in [5.74, 6) is 0.239. The smallest absolute Gasteiger partial charge is 0.312 e. The molecule has 0 saturated carbocycles. The van der Waals surface area contributed by atoms with Gasteiger partial charge in [0.2, 0.25) is 5.95 Å². The number of phenolic OH excluding ortho intramolecular Hbond substituents is 1. The summed E-state index contributed by atoms with van der Waals surface area (Å²) < 4.78 is 11.5. The molecule has 1 aliphatic heterocycles. The lowest BCUT2D eigenvalue weighted by Gasteiger charge is -2.38. The Bertz CT molecular complexity index is 894. The monoisotopic (exact) mass is 413 g/mol. The molecule has 0 radical (unpaired) electrons. The van der Waals surface area contributed by atoms with Crippen LogP contribution in [-0.4, -0.2) is 52.4 Å². The summed E-state index contributed by atoms with van der Waals surface area (Å²) in [6, 6.07) is 7.37. The molecule has 1 aliphatic rings. The van der Waals surface area contributed by atoms with Gasteiger partial charge in [-0.05, 0) is 58.7 Å². The number of hydrogen-bond donors (Lipinski definition) is 1. The molecule has 1 aromatic carbocycles. The summed E-state index contributed by atoms with van der Waals surface area (Å²) in [7, 11) is 0. The van der Waals surface area contributed by atoms with Crippen molar-refractivity contribution >= 4 is 11.9 Å². The number of nitrogens with zero attached hydrogens (tertiary/aromatic N) is 3. The Morgan fingerprint density at radius 1 is 1.30 bits per heavy atom. The maximum atomic E-state index is 12.7. The Kier molecular flexibility index (Phi) is 6.61. The van der Waals surface area contributed by atoms with Gasteiger partial charge in [-0.25, -0.2) is 9.97 Å². The van der Waals surface area contributed by atoms with Crippen molar-refractivity contribution in [2.75, 3.05) is 24.6 Å². The van der Waals surface area contributed by atoms with Crippen LogP contribution in [0.4, 0.5) is 5.95 Å². The molecule has 3 rings (SSSR count). The zero-order chi connectivity index (χ0) is 21.9. The number of para-hydroxylation sites is 1. The van der Waals surface area contributed by atoms with Crippen LogP contribution in [0.1, 0.15) is 39.7 Å². The van der Waals surface area contributed by atoms with E-state index in [4.69, 9.17) is 9.47 Å². The van der Waals surface area contributed by atoms with E-state index in [-0.39, 0.29) is 23.7 Å². The standard InChI is InChI=1S/C23H31N3O4/c1-6-29-19-14-26(13-11-17(19)21(28)30-23(3,4)5)22-24-12-10-18(25-22)16-9-7-8-15(2)20(16)27/h7-10,12,17,19,27H,6,11,13-14H2,1-5H3/t17-,19+/m0/s1. The number of ether oxygens (including phenoxy) is 2. The minimum atomic E-state index is -0.530. The van der Waals surface area contributed by atoms with Crippen LogP contribution in [-0.2, 0) is 14.3 Å². The Labute approximate surface area is 178 Å². The van der Waals surface area contributed by atoms with E-state index in [0.717, 1.165) is 5.56 Å². The van der Waals surface area contributed by atoms with Crippen molar-refractivity contribution in [3.05, 3.63) is 36.0 Å². The van der Waals surface area contributed by atoms with Crippen molar-refractivity contribution in [2.24, 2.45) is 5.92 Å². The van der Waals surface area contributed by atoms with Gasteiger partial charge >= 0.3 is 5.97 Å². The van der Waals surface area contributed by atoms with E-state index in [1.807, 2.05) is 57.7 Å². The molecule has 2 atom stereocenters. The van der Waals surface area contributed by atoms with Crippen molar-refractivity contribution in [3.63, 3.8) is 0 Å². The number of esters is 1. The molecule has 1 aromatic heterocycles. The highest BCUT2D eigenvalue weighted by Crippen LogP contribution is 2.32. The fraction of sp³-hybridized carbons (Fsp3) is 0.522. The molecule has 1 N–H and O–H groups in total. The number of phenols is 1. The van der Waals surface area contributed by atoms with Gasteiger partial charge in [-0.1, -0.05) is 12.1 Å². The average Bonchev–Trinajstić information content (AvgIpc) is 2.69. The number of anilines is 1. The molecule has 0 bridgehead atoms. The Morgan fingerprint density at radius 3 is 2.77 bits per heavy atom. The number of benzene rings is 1. The first kappa shape index (κ1) is 22.0. The van der Waals surface area contributed by atoms with E-state index >= 15 is 0 Å². The molecule has 1 saturated heterocycles. The van der Waals surface area contributed by atoms with Crippen molar-refractivity contribution in [1.82, 2.24) is 9.97 Å². The first-order valence-corrected chi connectivity index (χ1v) is 10.4. The fourth-order valence-corrected chi connectivity index (χ4v) is 3.64. The summed E-state index contributed by atoms with van der Waals surface area (Å²) in [5.41, 5.74) is 1.59. The third-order valence-electron chi connectivity index (χ3n) is 5.09. The average molecular weight is 414 g/mol. The molecule has 2 heterocycles. The van der Waals surface area contributed by atoms with Crippen LogP contribution in [0.25, 0.3) is 11.3 Å². The van der Waals surface area contributed by atoms with Gasteiger partial charge in [-0.15, -0.1) is 0 Å². The number of rotatable bonds is 5. The molecule has 1 fully saturated rings. The van der Waals surface area contributed by atoms with Gasteiger partial charge in [-0.3, -0.25) is 4.79 Å². The van der Waals surface area contributed by atoms with Gasteiger partial charge in [0.05, 0.1) is 17.7 Å². The Balaban J connectivity index is 1.81. The van der Waals surface area contributed by atoms with Gasteiger partial charge < -0.3 is 19.5 Å². The second-order valence-electron chi connectivity index (χ2n) is 8.58. The Hall–Kier alpha value is -2.67. The van der Waals surface area contributed by atoms with Gasteiger partial charge in [0.15, 0.2) is 0 Å². The zero-order valence-corrected chi connectivity index (χ0v) is 18.4. The second-order valence-corrected chi connectivity index (χ2v) is 8.58. The minimum absolute atomic E-state index is 0.220. The molecule has 2 aromatic rings. The lowest BCUT2D eigenvalue weighted by Crippen LogP contribution is -2.49. The predicted molar refractivity (Wildman–Crippen MR) is 115 cm³/mol. The number of aromatic nitrogens is 2. The molecule has 0 aliphatic carbocycles. The summed E-state index contributed by atoms with van der Waals surface area (Å²) >= 11 is 0. The summed E-state index contributed by atoms with van der Waals surface area (Å²) in [6.45, 7) is 11.0. The van der Waals surface area contributed by atoms with Crippen LogP contribution >= 0.6 is 0 Å². The third kappa shape index (κ3) is 5.08. The van der Waals surface area contributed by atoms with Gasteiger partial charge in [0.25, 0.3) is 0 Å². The number of carbonyl (C=O) groups excluding carboxylic acids is 1. The quantitative estimate of drug-likeness (QED) is 0.748. The highest BCUT2D eigenvalue weighted by Gasteiger charge is 2.38. The molecular weight excluding hydrogens is 382 g/mol. The molecule has 0 unspecified atom stereocenters. The van der Waals surface area contributed by atoms with E-state index in [1.54, 1.807) is 12.3 Å². The summed E-state index contributed by atoms with van der Waals surface area (Å²) in [5, 5.41) is 10.4. The SMILES string of the molecule is CCO[C@@H]1CN(c2nccc(-c3cccc(C)c3O)n2)CC[C@@H]1C(=O)OC(C)(C)C. The number of aryl methyl sites for hydroxylation is 1. The topological polar surface area (TPSA) is 84.8 Å². The number of piperidine rings is 1. The second kappa shape index (κ2) is 9.00. The zero-order valence-electron chi connectivity index (χ0n) is 18.4. The highest BCUT2D eigenvalue weighted by molar-refractivity contribution is 5.74. The molecule has 30 heavy (non-hydrogen) atoms. The number of hydrogen-bond acceptors (Lipinski definition) is 7. The van der Waals surface area contributed by atoms with Crippen molar-refractivity contribution in [3.8, 4) is 17.0 Å². The van der Waals surface area contributed by atoms with Crippen LogP contribution < -0.4 is 4.90 Å². The molecule has 162 valence electrons. The summed E-state index contributed by atoms with van der Waals surface area (Å²) in [6.07, 6.45) is 2.00. The van der Waals surface area contributed by atoms with E-state index in [2.05, 4.69) is 9.97 Å². The first-order chi connectivity index (χ1) is 14.2. The van der Waals surface area contributed by atoms with Crippen LogP contribution in [0.5, 0.6) is 5.75 Å². The highest BCUT2D eigenvalue weighted by atomic mass is 16.6. The molecular formula is C23H31N3O4. The van der Waals surface area contributed by atoms with E-state index < -0.39 is 5.60 Å². The van der Waals surface area contributed by atoms with Crippen molar-refractivity contribution < 1.29 is 19.4 Å². The normalized spacial score (nSPS) is 19.6. The van der Waals surface area contributed by atoms with E-state index in [1.165, 1.54) is 0 Å². The maximum Gasteiger partial charge on any atom is 0.312 e. The van der Waals surface area contributed by atoms with Gasteiger partial charge in [0.1, 0.15) is 11.4 Å². The summed E-state index contributed by atoms with van der Waals surface area (Å²) in [4.78, 5) is 23.8. The molecule has 0 spiro atoms. The predicted octanol–water partition coefficient (Wildman–Crippen LogP) is 3.73. The van der Waals surface area contributed by atoms with Crippen molar-refractivity contribution in [1.29, 1.82) is 0 Å². The number of carbonyl (C=O) groups is 1. The van der Waals surface area contributed by atoms with Crippen molar-refractivity contribution in [2.45, 2.75) is 52.7 Å². The molecule has 7 heteroatoms. The van der Waals surface area contributed by atoms with Gasteiger partial charge in [-0.2, -0.15) is 0 Å². The van der Waals surface area contributed by atoms with E-state index in [9.17, 15) is 9.90 Å². The fourth-order valence-electron chi connectivity index (χ4n) is 3.64. The van der Waals surface area contributed by atoms with E-state index in [0.29, 0.717) is 43.3 Å². The third-order valence-corrected chi connectivity index (χ3v) is 5.09. The largest absolute Gasteiger partial charge is 0.507 e. The van der Waals surface area contributed by atoms with Crippen LogP contribution in [0.15, 0.2) is 30.5 Å². The lowest BCUT2D eigenvalue weighted by molar-refractivity contribution is -0.166. The van der Waals surface area contributed by atoms with Crippen LogP contribution in [0.3, 0.4) is 0 Å².